The summed E-state index contributed by atoms with van der Waals surface area (Å²) in [5, 5.41) is 0. The molecule has 7 heteroatoms. The highest BCUT2D eigenvalue weighted by Crippen LogP contribution is 2.18. The summed E-state index contributed by atoms with van der Waals surface area (Å²) in [6, 6.07) is 10.5. The molecule has 0 aliphatic heterocycles. The molecule has 156 valence electrons. The Kier molecular flexibility index (Phi) is 6.61. The van der Waals surface area contributed by atoms with Crippen molar-refractivity contribution in [2.45, 2.75) is 33.2 Å². The van der Waals surface area contributed by atoms with Crippen molar-refractivity contribution in [3.05, 3.63) is 82.8 Å². The van der Waals surface area contributed by atoms with Gasteiger partial charge < -0.3 is 13.7 Å². The van der Waals surface area contributed by atoms with Gasteiger partial charge in [-0.2, -0.15) is 0 Å². The molecule has 0 amide bonds. The van der Waals surface area contributed by atoms with Crippen LogP contribution >= 0.6 is 0 Å². The van der Waals surface area contributed by atoms with E-state index in [0.29, 0.717) is 17.7 Å². The zero-order valence-corrected chi connectivity index (χ0v) is 16.8. The molecule has 2 heterocycles. The minimum absolute atomic E-state index is 0.0731. The van der Waals surface area contributed by atoms with Crippen LogP contribution in [0.2, 0.25) is 0 Å². The van der Waals surface area contributed by atoms with Crippen LogP contribution in [0.15, 0.2) is 53.1 Å². The predicted octanol–water partition coefficient (Wildman–Crippen LogP) is 4.27. The first-order chi connectivity index (χ1) is 14.3. The first-order valence-electron chi connectivity index (χ1n) is 9.52. The van der Waals surface area contributed by atoms with Crippen molar-refractivity contribution in [2.75, 3.05) is 6.61 Å². The van der Waals surface area contributed by atoms with Crippen LogP contribution in [0.1, 0.15) is 50.7 Å². The van der Waals surface area contributed by atoms with Gasteiger partial charge in [-0.3, -0.25) is 14.4 Å². The van der Waals surface area contributed by atoms with Gasteiger partial charge in [0.2, 0.25) is 5.78 Å². The summed E-state index contributed by atoms with van der Waals surface area (Å²) in [5.41, 5.74) is 2.46. The zero-order valence-electron chi connectivity index (χ0n) is 16.8. The fourth-order valence-corrected chi connectivity index (χ4v) is 3.18. The molecule has 30 heavy (non-hydrogen) atoms. The van der Waals surface area contributed by atoms with Gasteiger partial charge in [-0.25, -0.2) is 4.39 Å². The lowest BCUT2D eigenvalue weighted by atomic mass is 10.1. The molecule has 0 bridgehead atoms. The molecule has 6 nitrogen and oxygen atoms in total. The maximum Gasteiger partial charge on any atom is 0.306 e. The van der Waals surface area contributed by atoms with Gasteiger partial charge in [0.1, 0.15) is 11.6 Å². The number of nitrogens with zero attached hydrogens (tertiary/aromatic N) is 1. The molecule has 0 saturated carbocycles. The average Bonchev–Trinajstić information content (AvgIpc) is 3.34. The van der Waals surface area contributed by atoms with E-state index in [9.17, 15) is 18.8 Å². The number of carbonyl (C=O) groups excluding carboxylic acids is 3. The van der Waals surface area contributed by atoms with E-state index in [4.69, 9.17) is 9.15 Å². The normalized spacial score (nSPS) is 10.8. The zero-order chi connectivity index (χ0) is 21.7. The van der Waals surface area contributed by atoms with Crippen molar-refractivity contribution < 1.29 is 27.9 Å². The molecule has 1 aromatic carbocycles. The molecule has 0 radical (unpaired) electrons. The number of hydrogen-bond acceptors (Lipinski definition) is 5. The lowest BCUT2D eigenvalue weighted by Crippen LogP contribution is -2.16. The molecule has 3 rings (SSSR count). The lowest BCUT2D eigenvalue weighted by Gasteiger charge is -2.08. The number of rotatable bonds is 9. The van der Waals surface area contributed by atoms with E-state index in [-0.39, 0.29) is 24.4 Å². The second kappa shape index (κ2) is 9.35. The number of carbonyl (C=O) groups is 3. The minimum atomic E-state index is -0.636. The predicted molar refractivity (Wildman–Crippen MR) is 107 cm³/mol. The third-order valence-electron chi connectivity index (χ3n) is 4.85. The molecule has 0 aliphatic carbocycles. The Morgan fingerprint density at radius 1 is 1.03 bits per heavy atom. The summed E-state index contributed by atoms with van der Waals surface area (Å²) in [5.74, 6) is -0.906. The van der Waals surface area contributed by atoms with Crippen molar-refractivity contribution in [3.8, 4) is 0 Å². The number of benzene rings is 1. The number of aryl methyl sites for hydroxylation is 1. The SMILES string of the molecule is Cc1cc(C(=O)COC(=O)CCC(=O)c2ccc(F)cc2)c(C)n1Cc1ccco1. The number of aromatic nitrogens is 1. The van der Waals surface area contributed by atoms with E-state index < -0.39 is 18.4 Å². The van der Waals surface area contributed by atoms with Crippen LogP contribution in [-0.4, -0.2) is 28.7 Å². The highest BCUT2D eigenvalue weighted by atomic mass is 19.1. The highest BCUT2D eigenvalue weighted by Gasteiger charge is 2.18. The van der Waals surface area contributed by atoms with Crippen LogP contribution < -0.4 is 0 Å². The van der Waals surface area contributed by atoms with Crippen molar-refractivity contribution in [1.82, 2.24) is 4.57 Å². The van der Waals surface area contributed by atoms with Crippen LogP contribution in [0.4, 0.5) is 4.39 Å². The fraction of sp³-hybridized carbons (Fsp3) is 0.261. The van der Waals surface area contributed by atoms with Gasteiger partial charge in [0.25, 0.3) is 0 Å². The lowest BCUT2D eigenvalue weighted by molar-refractivity contribution is -0.142. The third-order valence-corrected chi connectivity index (χ3v) is 4.85. The van der Waals surface area contributed by atoms with Crippen LogP contribution in [0.25, 0.3) is 0 Å². The van der Waals surface area contributed by atoms with Gasteiger partial charge in [-0.05, 0) is 56.3 Å². The summed E-state index contributed by atoms with van der Waals surface area (Å²) in [4.78, 5) is 36.5. The van der Waals surface area contributed by atoms with Crippen molar-refractivity contribution in [2.24, 2.45) is 0 Å². The Balaban J connectivity index is 1.52. The monoisotopic (exact) mass is 411 g/mol. The second-order valence-electron chi connectivity index (χ2n) is 6.96. The van der Waals surface area contributed by atoms with E-state index in [2.05, 4.69) is 0 Å². The van der Waals surface area contributed by atoms with Gasteiger partial charge in [-0.15, -0.1) is 0 Å². The largest absolute Gasteiger partial charge is 0.467 e. The standard InChI is InChI=1S/C23H22FNO5/c1-15-12-20(16(2)25(15)13-19-4-3-11-29-19)22(27)14-30-23(28)10-9-21(26)17-5-7-18(24)8-6-17/h3-8,11-12H,9-10,13-14H2,1-2H3. The Morgan fingerprint density at radius 3 is 2.43 bits per heavy atom. The second-order valence-corrected chi connectivity index (χ2v) is 6.96. The fourth-order valence-electron chi connectivity index (χ4n) is 3.18. The van der Waals surface area contributed by atoms with Crippen LogP contribution in [0.3, 0.4) is 0 Å². The summed E-state index contributed by atoms with van der Waals surface area (Å²) < 4.78 is 25.3. The van der Waals surface area contributed by atoms with Crippen molar-refractivity contribution in [3.63, 3.8) is 0 Å². The minimum Gasteiger partial charge on any atom is -0.467 e. The molecule has 0 spiro atoms. The first kappa shape index (κ1) is 21.2. The van der Waals surface area contributed by atoms with Crippen LogP contribution in [0.5, 0.6) is 0 Å². The van der Waals surface area contributed by atoms with Crippen LogP contribution in [-0.2, 0) is 16.1 Å². The number of furan rings is 1. The topological polar surface area (TPSA) is 78.5 Å². The van der Waals surface area contributed by atoms with Gasteiger partial charge in [0, 0.05) is 28.9 Å². The summed E-state index contributed by atoms with van der Waals surface area (Å²) >= 11 is 0. The molecule has 0 N–H and O–H groups in total. The number of Topliss-reactive ketones (excluding diaryl/α,β-unsaturated/α-hetero) is 2. The number of halogens is 1. The Bertz CT molecular complexity index is 1050. The van der Waals surface area contributed by atoms with Gasteiger partial charge in [0.15, 0.2) is 12.4 Å². The van der Waals surface area contributed by atoms with Gasteiger partial charge in [0.05, 0.1) is 19.2 Å². The number of esters is 1. The number of ketones is 2. The van der Waals surface area contributed by atoms with E-state index in [0.717, 1.165) is 17.1 Å². The number of ether oxygens (including phenoxy) is 1. The van der Waals surface area contributed by atoms with E-state index in [1.54, 1.807) is 18.4 Å². The van der Waals surface area contributed by atoms with E-state index in [1.165, 1.54) is 24.3 Å². The van der Waals surface area contributed by atoms with E-state index in [1.807, 2.05) is 24.5 Å². The molecule has 0 unspecified atom stereocenters. The first-order valence-corrected chi connectivity index (χ1v) is 9.52. The molecule has 0 atom stereocenters. The van der Waals surface area contributed by atoms with Crippen LogP contribution in [0, 0.1) is 19.7 Å². The highest BCUT2D eigenvalue weighted by molar-refractivity contribution is 6.00. The summed E-state index contributed by atoms with van der Waals surface area (Å²) in [6.07, 6.45) is 1.37. The van der Waals surface area contributed by atoms with Gasteiger partial charge in [-0.1, -0.05) is 0 Å². The molecular formula is C23H22FNO5. The van der Waals surface area contributed by atoms with Gasteiger partial charge >= 0.3 is 5.97 Å². The summed E-state index contributed by atoms with van der Waals surface area (Å²) in [6.45, 7) is 3.82. The quantitative estimate of drug-likeness (QED) is 0.388. The average molecular weight is 411 g/mol. The smallest absolute Gasteiger partial charge is 0.306 e. The molecule has 0 saturated heterocycles. The van der Waals surface area contributed by atoms with Crippen molar-refractivity contribution >= 4 is 17.5 Å². The Labute approximate surface area is 173 Å². The summed E-state index contributed by atoms with van der Waals surface area (Å²) in [7, 11) is 0. The number of hydrogen-bond donors (Lipinski definition) is 0. The molecule has 3 aromatic rings. The molecule has 0 fully saturated rings. The maximum absolute atomic E-state index is 12.9. The Hall–Kier alpha value is -3.48. The molecule has 0 aliphatic rings. The van der Waals surface area contributed by atoms with Crippen molar-refractivity contribution in [1.29, 1.82) is 0 Å². The molecular weight excluding hydrogens is 389 g/mol. The maximum atomic E-state index is 12.9. The molecule has 2 aromatic heterocycles. The Morgan fingerprint density at radius 2 is 1.77 bits per heavy atom. The van der Waals surface area contributed by atoms with E-state index >= 15 is 0 Å². The third kappa shape index (κ3) is 5.11.